The Hall–Kier alpha value is -3.14. The topological polar surface area (TPSA) is 106 Å². The van der Waals surface area contributed by atoms with Gasteiger partial charge in [-0.3, -0.25) is 9.59 Å². The van der Waals surface area contributed by atoms with Gasteiger partial charge in [-0.05, 0) is 57.5 Å². The first-order chi connectivity index (χ1) is 15.6. The van der Waals surface area contributed by atoms with Crippen molar-refractivity contribution in [2.75, 3.05) is 13.1 Å². The number of carbonyl (C=O) groups excluding carboxylic acids is 2. The predicted octanol–water partition coefficient (Wildman–Crippen LogP) is 3.44. The average molecular weight is 467 g/mol. The number of nitrogens with zero attached hydrogens (tertiary/aromatic N) is 1. The number of piperidine rings is 1. The number of pyridine rings is 1. The Morgan fingerprint density at radius 1 is 1.09 bits per heavy atom. The highest BCUT2D eigenvalue weighted by atomic mass is 19.4. The first-order valence-corrected chi connectivity index (χ1v) is 10.7. The third kappa shape index (κ3) is 8.72. The number of amides is 2. The molecule has 0 aliphatic carbocycles. The van der Waals surface area contributed by atoms with E-state index in [2.05, 4.69) is 10.3 Å². The summed E-state index contributed by atoms with van der Waals surface area (Å²) in [5.74, 6) is -2.57. The number of nitrogens with two attached hydrogens (primary N) is 1. The number of ether oxygens (including phenoxy) is 1. The number of hydrogen-bond donors (Lipinski definition) is 3. The second-order valence-corrected chi connectivity index (χ2v) is 7.76. The lowest BCUT2D eigenvalue weighted by atomic mass is 10.0. The summed E-state index contributed by atoms with van der Waals surface area (Å²) in [5.41, 5.74) is 6.66. The van der Waals surface area contributed by atoms with Crippen LogP contribution in [0.25, 0.3) is 0 Å². The summed E-state index contributed by atoms with van der Waals surface area (Å²) in [5, 5.41) is 5.18. The van der Waals surface area contributed by atoms with Gasteiger partial charge in [0.15, 0.2) is 0 Å². The number of halogens is 3. The molecule has 1 unspecified atom stereocenters. The molecule has 10 heteroatoms. The van der Waals surface area contributed by atoms with Gasteiger partial charge in [0.2, 0.25) is 0 Å². The molecule has 180 valence electrons. The van der Waals surface area contributed by atoms with E-state index in [0.717, 1.165) is 5.56 Å². The van der Waals surface area contributed by atoms with Gasteiger partial charge in [-0.2, -0.15) is 13.2 Å². The number of primary amides is 1. The lowest BCUT2D eigenvalue weighted by molar-refractivity contribution is -0.174. The maximum absolute atomic E-state index is 12.6. The molecule has 2 amide bonds. The van der Waals surface area contributed by atoms with E-state index in [0.29, 0.717) is 5.56 Å². The second kappa shape index (κ2) is 12.2. The molecule has 0 bridgehead atoms. The Balaban J connectivity index is 0.000000554. The van der Waals surface area contributed by atoms with Crippen LogP contribution >= 0.6 is 0 Å². The van der Waals surface area contributed by atoms with E-state index >= 15 is 0 Å². The van der Waals surface area contributed by atoms with Crippen LogP contribution in [0.3, 0.4) is 0 Å². The van der Waals surface area contributed by atoms with E-state index in [1.165, 1.54) is 57.6 Å². The Morgan fingerprint density at radius 3 is 2.15 bits per heavy atom. The standard InChI is InChI=1S/C18H18F3N3O3.C5H11N/c1-10-3-5-12(6-4-10)15(11(2)24-17(26)18(19,20)21)27-13-7-8-14(16(22)25)23-9-13;1-2-4-6-5-3-1/h3-9,11,15H,1-2H3,(H2,22,25)(H,24,26);6H,1-5H2/t11?,15-;/m0./s1. The van der Waals surface area contributed by atoms with Gasteiger partial charge in [-0.1, -0.05) is 36.2 Å². The third-order valence-corrected chi connectivity index (χ3v) is 4.94. The van der Waals surface area contributed by atoms with Gasteiger partial charge in [0, 0.05) is 0 Å². The van der Waals surface area contributed by atoms with Crippen LogP contribution in [0.4, 0.5) is 13.2 Å². The average Bonchev–Trinajstić information content (AvgIpc) is 2.79. The van der Waals surface area contributed by atoms with Crippen molar-refractivity contribution in [3.8, 4) is 5.75 Å². The molecule has 2 heterocycles. The number of aromatic nitrogens is 1. The van der Waals surface area contributed by atoms with E-state index in [9.17, 15) is 22.8 Å². The second-order valence-electron chi connectivity index (χ2n) is 7.76. The number of benzene rings is 1. The highest BCUT2D eigenvalue weighted by Gasteiger charge is 2.40. The Labute approximate surface area is 190 Å². The van der Waals surface area contributed by atoms with Gasteiger partial charge in [0.05, 0.1) is 12.2 Å². The number of nitrogens with one attached hydrogen (secondary N) is 2. The van der Waals surface area contributed by atoms with Gasteiger partial charge in [-0.25, -0.2) is 4.98 Å². The predicted molar refractivity (Wildman–Crippen MR) is 118 cm³/mol. The fourth-order valence-corrected chi connectivity index (χ4v) is 3.12. The minimum atomic E-state index is -5.00. The molecule has 3 rings (SSSR count). The fraction of sp³-hybridized carbons (Fsp3) is 0.435. The Kier molecular flexibility index (Phi) is 9.65. The zero-order valence-corrected chi connectivity index (χ0v) is 18.6. The molecule has 1 aromatic heterocycles. The molecule has 1 saturated heterocycles. The monoisotopic (exact) mass is 466 g/mol. The number of alkyl halides is 3. The first kappa shape index (κ1) is 26.1. The van der Waals surface area contributed by atoms with E-state index in [1.54, 1.807) is 24.3 Å². The summed E-state index contributed by atoms with van der Waals surface area (Å²) in [6, 6.07) is 8.70. The molecule has 0 radical (unpaired) electrons. The Morgan fingerprint density at radius 2 is 1.73 bits per heavy atom. The molecule has 2 atom stereocenters. The number of carbonyl (C=O) groups is 2. The smallest absolute Gasteiger partial charge is 0.471 e. The largest absolute Gasteiger partial charge is 0.482 e. The molecule has 0 spiro atoms. The summed E-state index contributed by atoms with van der Waals surface area (Å²) >= 11 is 0. The first-order valence-electron chi connectivity index (χ1n) is 10.7. The zero-order chi connectivity index (χ0) is 24.4. The maximum atomic E-state index is 12.6. The summed E-state index contributed by atoms with van der Waals surface area (Å²) in [6.07, 6.45) is -0.471. The van der Waals surface area contributed by atoms with Crippen LogP contribution in [0.2, 0.25) is 0 Å². The van der Waals surface area contributed by atoms with Crippen LogP contribution in [-0.2, 0) is 4.79 Å². The molecule has 1 aliphatic rings. The summed E-state index contributed by atoms with van der Waals surface area (Å²) in [4.78, 5) is 26.2. The molecule has 0 saturated carbocycles. The van der Waals surface area contributed by atoms with Gasteiger partial charge < -0.3 is 21.1 Å². The summed E-state index contributed by atoms with van der Waals surface area (Å²) < 4.78 is 43.5. The molecule has 1 aliphatic heterocycles. The molecule has 4 N–H and O–H groups in total. The molecule has 1 fully saturated rings. The van der Waals surface area contributed by atoms with Crippen LogP contribution < -0.4 is 21.1 Å². The lowest BCUT2D eigenvalue weighted by Gasteiger charge is -2.27. The van der Waals surface area contributed by atoms with Crippen molar-refractivity contribution < 1.29 is 27.5 Å². The van der Waals surface area contributed by atoms with Crippen LogP contribution in [0.5, 0.6) is 5.75 Å². The van der Waals surface area contributed by atoms with Crippen LogP contribution in [0, 0.1) is 6.92 Å². The normalized spacial score (nSPS) is 15.4. The summed E-state index contributed by atoms with van der Waals surface area (Å²) in [6.45, 7) is 5.76. The molecule has 1 aromatic carbocycles. The molecule has 2 aromatic rings. The maximum Gasteiger partial charge on any atom is 0.471 e. The fourth-order valence-electron chi connectivity index (χ4n) is 3.12. The molecule has 7 nitrogen and oxygen atoms in total. The van der Waals surface area contributed by atoms with E-state index in [1.807, 2.05) is 12.2 Å². The molecular formula is C23H29F3N4O3. The van der Waals surface area contributed by atoms with E-state index < -0.39 is 30.1 Å². The number of rotatable bonds is 6. The van der Waals surface area contributed by atoms with Crippen molar-refractivity contribution in [3.05, 3.63) is 59.4 Å². The van der Waals surface area contributed by atoms with Crippen molar-refractivity contribution in [2.45, 2.75) is 51.4 Å². The van der Waals surface area contributed by atoms with E-state index in [-0.39, 0.29) is 11.4 Å². The quantitative estimate of drug-likeness (QED) is 0.605. The van der Waals surface area contributed by atoms with Crippen molar-refractivity contribution in [2.24, 2.45) is 5.73 Å². The van der Waals surface area contributed by atoms with Crippen molar-refractivity contribution in [3.63, 3.8) is 0 Å². The lowest BCUT2D eigenvalue weighted by Crippen LogP contribution is -2.45. The third-order valence-electron chi connectivity index (χ3n) is 4.94. The van der Waals surface area contributed by atoms with Crippen molar-refractivity contribution in [1.82, 2.24) is 15.6 Å². The van der Waals surface area contributed by atoms with E-state index in [4.69, 9.17) is 10.5 Å². The zero-order valence-electron chi connectivity index (χ0n) is 18.6. The van der Waals surface area contributed by atoms with Crippen LogP contribution in [0.15, 0.2) is 42.6 Å². The summed E-state index contributed by atoms with van der Waals surface area (Å²) in [7, 11) is 0. The SMILES string of the molecule is C1CCNCC1.Cc1ccc([C@@H](Oc2ccc(C(N)=O)nc2)C(C)NC(=O)C(F)(F)F)cc1. The Bertz CT molecular complexity index is 887. The minimum Gasteiger partial charge on any atom is -0.482 e. The van der Waals surface area contributed by atoms with Gasteiger partial charge in [0.25, 0.3) is 5.91 Å². The van der Waals surface area contributed by atoms with Crippen LogP contribution in [-0.4, -0.2) is 42.1 Å². The highest BCUT2D eigenvalue weighted by molar-refractivity contribution is 5.90. The van der Waals surface area contributed by atoms with Crippen molar-refractivity contribution in [1.29, 1.82) is 0 Å². The van der Waals surface area contributed by atoms with Gasteiger partial charge >= 0.3 is 12.1 Å². The number of aryl methyl sites for hydroxylation is 1. The minimum absolute atomic E-state index is 0.0210. The number of hydrogen-bond acceptors (Lipinski definition) is 5. The van der Waals surface area contributed by atoms with Crippen LogP contribution in [0.1, 0.15) is 53.9 Å². The van der Waals surface area contributed by atoms with Gasteiger partial charge in [-0.15, -0.1) is 0 Å². The highest BCUT2D eigenvalue weighted by Crippen LogP contribution is 2.26. The molecular weight excluding hydrogens is 437 g/mol. The van der Waals surface area contributed by atoms with Crippen molar-refractivity contribution >= 4 is 11.8 Å². The molecule has 33 heavy (non-hydrogen) atoms. The van der Waals surface area contributed by atoms with Gasteiger partial charge in [0.1, 0.15) is 17.5 Å².